The van der Waals surface area contributed by atoms with Crippen LogP contribution >= 0.6 is 0 Å². The minimum atomic E-state index is -4.03. The Morgan fingerprint density at radius 1 is 0.972 bits per heavy atom. The van der Waals surface area contributed by atoms with Crippen LogP contribution in [0.3, 0.4) is 0 Å². The van der Waals surface area contributed by atoms with Crippen LogP contribution in [0.15, 0.2) is 35.2 Å². The van der Waals surface area contributed by atoms with Gasteiger partial charge in [-0.2, -0.15) is 4.31 Å². The number of sulfonamides is 1. The van der Waals surface area contributed by atoms with E-state index >= 15 is 4.39 Å². The first-order valence-corrected chi connectivity index (χ1v) is 13.2. The molecule has 1 atom stereocenters. The van der Waals surface area contributed by atoms with Crippen molar-refractivity contribution in [3.63, 3.8) is 0 Å². The second-order valence-corrected chi connectivity index (χ2v) is 11.4. The Bertz CT molecular complexity index is 1390. The molecule has 1 unspecified atom stereocenters. The topological polar surface area (TPSA) is 104 Å². The fraction of sp³-hybridized carbons (Fsp3) is 0.400. The van der Waals surface area contributed by atoms with E-state index in [-0.39, 0.29) is 54.8 Å². The van der Waals surface area contributed by atoms with Gasteiger partial charge in [0.15, 0.2) is 0 Å². The van der Waals surface area contributed by atoms with Crippen LogP contribution < -0.4 is 5.32 Å². The summed E-state index contributed by atoms with van der Waals surface area (Å²) in [6.07, 6.45) is 1.03. The van der Waals surface area contributed by atoms with Gasteiger partial charge < -0.3 is 4.90 Å². The molecule has 0 saturated carbocycles. The van der Waals surface area contributed by atoms with Gasteiger partial charge >= 0.3 is 0 Å². The average molecular weight is 518 g/mol. The first-order valence-electron chi connectivity index (χ1n) is 11.8. The highest BCUT2D eigenvalue weighted by atomic mass is 32.2. The van der Waals surface area contributed by atoms with E-state index < -0.39 is 39.5 Å². The van der Waals surface area contributed by atoms with Crippen LogP contribution in [-0.4, -0.2) is 54.5 Å². The van der Waals surface area contributed by atoms with E-state index in [2.05, 4.69) is 5.32 Å². The van der Waals surface area contributed by atoms with Crippen molar-refractivity contribution in [3.8, 4) is 0 Å². The summed E-state index contributed by atoms with van der Waals surface area (Å²) in [5.74, 6) is -3.01. The monoisotopic (exact) mass is 517 g/mol. The molecule has 2 aromatic rings. The van der Waals surface area contributed by atoms with E-state index in [0.717, 1.165) is 6.07 Å². The predicted octanol–water partition coefficient (Wildman–Crippen LogP) is 2.60. The number of hydrogen-bond donors (Lipinski definition) is 1. The Morgan fingerprint density at radius 3 is 2.39 bits per heavy atom. The normalized spacial score (nSPS) is 21.6. The zero-order valence-electron chi connectivity index (χ0n) is 19.6. The molecule has 0 bridgehead atoms. The predicted molar refractivity (Wildman–Crippen MR) is 124 cm³/mol. The van der Waals surface area contributed by atoms with E-state index in [1.54, 1.807) is 13.0 Å². The summed E-state index contributed by atoms with van der Waals surface area (Å²) in [6.45, 7) is 2.04. The number of rotatable bonds is 4. The molecule has 3 heterocycles. The molecule has 3 aliphatic rings. The van der Waals surface area contributed by atoms with Crippen LogP contribution in [0.4, 0.5) is 8.78 Å². The lowest BCUT2D eigenvalue weighted by Gasteiger charge is -2.32. The van der Waals surface area contributed by atoms with Crippen LogP contribution in [0.1, 0.15) is 58.6 Å². The number of nitrogens with one attached hydrogen (secondary N) is 1. The second kappa shape index (κ2) is 9.04. The van der Waals surface area contributed by atoms with E-state index in [9.17, 15) is 27.2 Å². The lowest BCUT2D eigenvalue weighted by Crippen LogP contribution is -2.52. The molecule has 36 heavy (non-hydrogen) atoms. The third-order valence-corrected chi connectivity index (χ3v) is 9.15. The van der Waals surface area contributed by atoms with Crippen LogP contribution in [0, 0.1) is 18.6 Å². The van der Waals surface area contributed by atoms with Gasteiger partial charge in [-0.15, -0.1) is 0 Å². The number of fused-ring (bicyclic) bond motifs is 1. The third-order valence-electron chi connectivity index (χ3n) is 7.24. The number of carbonyl (C=O) groups is 3. The van der Waals surface area contributed by atoms with Gasteiger partial charge in [0.1, 0.15) is 22.6 Å². The number of nitrogens with zero attached hydrogens (tertiary/aromatic N) is 2. The fourth-order valence-electron chi connectivity index (χ4n) is 5.28. The number of hydrogen-bond acceptors (Lipinski definition) is 5. The zero-order chi connectivity index (χ0) is 25.8. The summed E-state index contributed by atoms with van der Waals surface area (Å²) < 4.78 is 56.6. The summed E-state index contributed by atoms with van der Waals surface area (Å²) in [7, 11) is -4.03. The van der Waals surface area contributed by atoms with Gasteiger partial charge in [-0.25, -0.2) is 17.2 Å². The van der Waals surface area contributed by atoms with Crippen molar-refractivity contribution >= 4 is 27.7 Å². The molecule has 190 valence electrons. The highest BCUT2D eigenvalue weighted by Crippen LogP contribution is 2.36. The minimum absolute atomic E-state index is 0.109. The Labute approximate surface area is 207 Å². The maximum atomic E-state index is 15.1. The third kappa shape index (κ3) is 4.20. The van der Waals surface area contributed by atoms with Gasteiger partial charge in [-0.3, -0.25) is 19.7 Å². The van der Waals surface area contributed by atoms with Crippen molar-refractivity contribution in [2.75, 3.05) is 13.1 Å². The van der Waals surface area contributed by atoms with Crippen LogP contribution in [0.5, 0.6) is 0 Å². The smallest absolute Gasteiger partial charge is 0.255 e. The largest absolute Gasteiger partial charge is 0.322 e. The number of amides is 3. The van der Waals surface area contributed by atoms with Crippen molar-refractivity contribution in [1.29, 1.82) is 0 Å². The molecule has 0 aromatic heterocycles. The quantitative estimate of drug-likeness (QED) is 0.628. The number of imide groups is 1. The maximum absolute atomic E-state index is 15.1. The summed E-state index contributed by atoms with van der Waals surface area (Å²) >= 11 is 0. The Hall–Kier alpha value is -3.18. The summed E-state index contributed by atoms with van der Waals surface area (Å²) in [5.41, 5.74) is 1.81. The fourth-order valence-corrected chi connectivity index (χ4v) is 6.89. The lowest BCUT2D eigenvalue weighted by molar-refractivity contribution is -0.136. The molecular formula is C25H25F2N3O5S. The Morgan fingerprint density at radius 2 is 1.69 bits per heavy atom. The van der Waals surface area contributed by atoms with Crippen LogP contribution in [0.25, 0.3) is 0 Å². The van der Waals surface area contributed by atoms with E-state index in [4.69, 9.17) is 0 Å². The number of piperidine rings is 2. The molecule has 3 aliphatic heterocycles. The van der Waals surface area contributed by atoms with Crippen LogP contribution in [-0.2, 0) is 26.2 Å². The molecule has 0 aliphatic carbocycles. The molecule has 8 nitrogen and oxygen atoms in total. The molecule has 2 aromatic carbocycles. The Kier molecular flexibility index (Phi) is 6.16. The summed E-state index contributed by atoms with van der Waals surface area (Å²) in [5, 5.41) is 2.24. The lowest BCUT2D eigenvalue weighted by atomic mass is 9.88. The molecule has 2 fully saturated rings. The van der Waals surface area contributed by atoms with Crippen LogP contribution in [0.2, 0.25) is 0 Å². The average Bonchev–Trinajstić information content (AvgIpc) is 3.15. The van der Waals surface area contributed by atoms with Gasteiger partial charge in [-0.05, 0) is 67.0 Å². The van der Waals surface area contributed by atoms with Gasteiger partial charge in [0.05, 0.1) is 0 Å². The highest BCUT2D eigenvalue weighted by molar-refractivity contribution is 7.89. The summed E-state index contributed by atoms with van der Waals surface area (Å²) in [4.78, 5) is 37.6. The van der Waals surface area contributed by atoms with E-state index in [1.165, 1.54) is 27.4 Å². The standard InChI is InChI=1S/C25H25F2N3O5S/c1-14-2-3-19(26)22(10-14)36(34,35)29-8-6-15(7-9-29)17-11-16-13-30(25(33)18(16)12-20(17)27)21-4-5-23(31)28-24(21)32/h2-3,10-12,15,21H,4-9,13H2,1H3,(H,28,31,32). The van der Waals surface area contributed by atoms with Crippen molar-refractivity contribution in [2.24, 2.45) is 0 Å². The van der Waals surface area contributed by atoms with Crippen molar-refractivity contribution in [1.82, 2.24) is 14.5 Å². The van der Waals surface area contributed by atoms with E-state index in [1.807, 2.05) is 0 Å². The summed E-state index contributed by atoms with van der Waals surface area (Å²) in [6, 6.07) is 5.97. The second-order valence-electron chi connectivity index (χ2n) is 9.54. The SMILES string of the molecule is Cc1ccc(F)c(S(=O)(=O)N2CCC(c3cc4c(cc3F)C(=O)N(C3CCC(=O)NC3=O)C4)CC2)c1. The van der Waals surface area contributed by atoms with E-state index in [0.29, 0.717) is 29.5 Å². The van der Waals surface area contributed by atoms with Gasteiger partial charge in [-0.1, -0.05) is 12.1 Å². The van der Waals surface area contributed by atoms with Crippen molar-refractivity contribution < 1.29 is 31.6 Å². The number of benzene rings is 2. The molecule has 5 rings (SSSR count). The molecule has 0 radical (unpaired) electrons. The first kappa shape index (κ1) is 24.5. The highest BCUT2D eigenvalue weighted by Gasteiger charge is 2.40. The maximum Gasteiger partial charge on any atom is 0.255 e. The molecule has 3 amide bonds. The minimum Gasteiger partial charge on any atom is -0.322 e. The van der Waals surface area contributed by atoms with Gasteiger partial charge in [0.2, 0.25) is 21.8 Å². The molecule has 2 saturated heterocycles. The number of halogens is 2. The number of carbonyl (C=O) groups excluding carboxylic acids is 3. The van der Waals surface area contributed by atoms with Crippen molar-refractivity contribution in [3.05, 3.63) is 64.2 Å². The number of aryl methyl sites for hydroxylation is 1. The molecule has 0 spiro atoms. The Balaban J connectivity index is 1.32. The molecular weight excluding hydrogens is 492 g/mol. The molecule has 1 N–H and O–H groups in total. The van der Waals surface area contributed by atoms with Gasteiger partial charge in [0, 0.05) is 31.6 Å². The molecule has 11 heteroatoms. The van der Waals surface area contributed by atoms with Crippen molar-refractivity contribution in [2.45, 2.75) is 56.0 Å². The van der Waals surface area contributed by atoms with Gasteiger partial charge in [0.25, 0.3) is 5.91 Å². The first-order chi connectivity index (χ1) is 17.1. The zero-order valence-corrected chi connectivity index (χ0v) is 20.4.